The molecule has 2 atom stereocenters. The van der Waals surface area contributed by atoms with E-state index < -0.39 is 10.0 Å². The highest BCUT2D eigenvalue weighted by atomic mass is 32.2. The van der Waals surface area contributed by atoms with E-state index in [-0.39, 0.29) is 5.41 Å². The van der Waals surface area contributed by atoms with E-state index in [9.17, 15) is 8.42 Å². The van der Waals surface area contributed by atoms with E-state index >= 15 is 0 Å². The summed E-state index contributed by atoms with van der Waals surface area (Å²) in [6, 6.07) is 7.29. The normalized spacial score (nSPS) is 29.4. The number of hydrogen-bond donors (Lipinski definition) is 0. The van der Waals surface area contributed by atoms with E-state index in [0.29, 0.717) is 24.1 Å². The van der Waals surface area contributed by atoms with Gasteiger partial charge in [-0.1, -0.05) is 25.1 Å². The van der Waals surface area contributed by atoms with Crippen LogP contribution in [0.25, 0.3) is 0 Å². The molecule has 156 valence electrons. The second kappa shape index (κ2) is 8.05. The van der Waals surface area contributed by atoms with Crippen molar-refractivity contribution in [3.05, 3.63) is 29.8 Å². The molecule has 3 aliphatic heterocycles. The van der Waals surface area contributed by atoms with Gasteiger partial charge in [0, 0.05) is 26.2 Å². The van der Waals surface area contributed by atoms with E-state index in [1.54, 1.807) is 10.4 Å². The minimum absolute atomic E-state index is 0.170. The number of nitrogens with zero attached hydrogens (tertiary/aromatic N) is 2. The van der Waals surface area contributed by atoms with Gasteiger partial charge in [-0.25, -0.2) is 8.42 Å². The van der Waals surface area contributed by atoms with Gasteiger partial charge in [-0.3, -0.25) is 0 Å². The Morgan fingerprint density at radius 2 is 1.93 bits per heavy atom. The maximum absolute atomic E-state index is 13.1. The van der Waals surface area contributed by atoms with Crippen LogP contribution < -0.4 is 0 Å². The van der Waals surface area contributed by atoms with Gasteiger partial charge in [-0.05, 0) is 68.5 Å². The Kier molecular flexibility index (Phi) is 5.85. The Balaban J connectivity index is 1.34. The zero-order chi connectivity index (χ0) is 19.8. The predicted octanol–water partition coefficient (Wildman–Crippen LogP) is 3.29. The van der Waals surface area contributed by atoms with Crippen LogP contribution in [0.3, 0.4) is 0 Å². The van der Waals surface area contributed by atoms with E-state index in [2.05, 4.69) is 11.8 Å². The minimum Gasteiger partial charge on any atom is -0.376 e. The van der Waals surface area contributed by atoms with Crippen LogP contribution in [-0.4, -0.2) is 63.1 Å². The van der Waals surface area contributed by atoms with Gasteiger partial charge in [0.1, 0.15) is 0 Å². The van der Waals surface area contributed by atoms with Gasteiger partial charge < -0.3 is 9.64 Å². The highest BCUT2D eigenvalue weighted by Gasteiger charge is 2.44. The molecular formula is C22H34N2O3S. The summed E-state index contributed by atoms with van der Waals surface area (Å²) in [5.41, 5.74) is 0.993. The van der Waals surface area contributed by atoms with Crippen LogP contribution in [-0.2, 0) is 14.8 Å². The summed E-state index contributed by atoms with van der Waals surface area (Å²) in [7, 11) is -3.40. The lowest BCUT2D eigenvalue weighted by Crippen LogP contribution is -2.44. The molecule has 1 aromatic rings. The number of ether oxygens (including phenoxy) is 1. The Hall–Kier alpha value is -0.950. The van der Waals surface area contributed by atoms with Crippen LogP contribution in [0.5, 0.6) is 0 Å². The number of benzene rings is 1. The van der Waals surface area contributed by atoms with Crippen LogP contribution in [0, 0.1) is 18.3 Å². The number of rotatable bonds is 4. The fourth-order valence-corrected chi connectivity index (χ4v) is 6.95. The molecule has 28 heavy (non-hydrogen) atoms. The third-order valence-corrected chi connectivity index (χ3v) is 9.04. The zero-order valence-corrected chi connectivity index (χ0v) is 18.1. The molecule has 0 radical (unpaired) electrons. The molecule has 0 unspecified atom stereocenters. The molecule has 3 heterocycles. The van der Waals surface area contributed by atoms with Crippen molar-refractivity contribution in [1.82, 2.24) is 9.21 Å². The molecule has 1 aromatic carbocycles. The maximum atomic E-state index is 13.1. The van der Waals surface area contributed by atoms with Crippen LogP contribution in [0.2, 0.25) is 0 Å². The zero-order valence-electron chi connectivity index (χ0n) is 17.3. The molecule has 0 aromatic heterocycles. The molecule has 0 bridgehead atoms. The molecular weight excluding hydrogens is 372 g/mol. The van der Waals surface area contributed by atoms with Gasteiger partial charge in [0.15, 0.2) is 0 Å². The predicted molar refractivity (Wildman–Crippen MR) is 111 cm³/mol. The van der Waals surface area contributed by atoms with Gasteiger partial charge in [-0.15, -0.1) is 0 Å². The second-order valence-electron chi connectivity index (χ2n) is 9.31. The Morgan fingerprint density at radius 1 is 1.18 bits per heavy atom. The van der Waals surface area contributed by atoms with E-state index in [1.165, 1.54) is 25.9 Å². The summed E-state index contributed by atoms with van der Waals surface area (Å²) >= 11 is 0. The molecule has 0 saturated carbocycles. The molecule has 4 rings (SSSR count). The first-order valence-corrected chi connectivity index (χ1v) is 12.2. The van der Waals surface area contributed by atoms with Gasteiger partial charge in [0.25, 0.3) is 0 Å². The van der Waals surface area contributed by atoms with Crippen molar-refractivity contribution in [1.29, 1.82) is 0 Å². The monoisotopic (exact) mass is 406 g/mol. The molecule has 0 aliphatic carbocycles. The Bertz CT molecular complexity index is 787. The van der Waals surface area contributed by atoms with Gasteiger partial charge in [0.05, 0.1) is 17.6 Å². The topological polar surface area (TPSA) is 49.9 Å². The third kappa shape index (κ3) is 4.16. The first-order chi connectivity index (χ1) is 13.4. The summed E-state index contributed by atoms with van der Waals surface area (Å²) < 4.78 is 34.0. The average Bonchev–Trinajstić information content (AvgIpc) is 3.04. The van der Waals surface area contributed by atoms with Crippen molar-refractivity contribution < 1.29 is 13.2 Å². The molecule has 5 nitrogen and oxygen atoms in total. The number of piperidine rings is 2. The third-order valence-electron chi connectivity index (χ3n) is 6.98. The lowest BCUT2D eigenvalue weighted by Gasteiger charge is -2.38. The summed E-state index contributed by atoms with van der Waals surface area (Å²) in [5, 5.41) is 0. The Labute approximate surface area is 170 Å². The molecule has 3 aliphatic rings. The summed E-state index contributed by atoms with van der Waals surface area (Å²) in [6.07, 6.45) is 5.85. The quantitative estimate of drug-likeness (QED) is 0.770. The standard InChI is InChI=1S/C22H34N2O3S/c1-18-6-5-11-23(15-18)16-20-14-22(17-27-20)9-12-24(13-10-22)28(25,26)21-8-4-3-7-19(21)2/h3-4,7-8,18,20H,5-6,9-17H2,1-2H3/t18-,20+/m0/s1. The maximum Gasteiger partial charge on any atom is 0.243 e. The molecule has 0 N–H and O–H groups in total. The molecule has 1 spiro atoms. The van der Waals surface area contributed by atoms with E-state index in [0.717, 1.165) is 43.9 Å². The largest absolute Gasteiger partial charge is 0.376 e. The first kappa shape index (κ1) is 20.3. The molecule has 3 saturated heterocycles. The highest BCUT2D eigenvalue weighted by molar-refractivity contribution is 7.89. The van der Waals surface area contributed by atoms with Crippen molar-refractivity contribution in [3.63, 3.8) is 0 Å². The lowest BCUT2D eigenvalue weighted by atomic mass is 9.77. The van der Waals surface area contributed by atoms with E-state index in [1.807, 2.05) is 25.1 Å². The Morgan fingerprint density at radius 3 is 2.64 bits per heavy atom. The van der Waals surface area contributed by atoms with Crippen LogP contribution >= 0.6 is 0 Å². The fraction of sp³-hybridized carbons (Fsp3) is 0.727. The smallest absolute Gasteiger partial charge is 0.243 e. The lowest BCUT2D eigenvalue weighted by molar-refractivity contribution is 0.0482. The van der Waals surface area contributed by atoms with Gasteiger partial charge in [0.2, 0.25) is 10.0 Å². The van der Waals surface area contributed by atoms with Crippen molar-refractivity contribution >= 4 is 10.0 Å². The average molecular weight is 407 g/mol. The highest BCUT2D eigenvalue weighted by Crippen LogP contribution is 2.43. The van der Waals surface area contributed by atoms with Crippen LogP contribution in [0.15, 0.2) is 29.2 Å². The summed E-state index contributed by atoms with van der Waals surface area (Å²) in [4.78, 5) is 3.01. The van der Waals surface area contributed by atoms with Crippen LogP contribution in [0.1, 0.15) is 44.6 Å². The number of sulfonamides is 1. The van der Waals surface area contributed by atoms with Gasteiger partial charge in [-0.2, -0.15) is 4.31 Å². The summed E-state index contributed by atoms with van der Waals surface area (Å²) in [6.45, 7) is 9.63. The number of likely N-dealkylation sites (tertiary alicyclic amines) is 1. The number of aryl methyl sites for hydroxylation is 1. The molecule has 0 amide bonds. The van der Waals surface area contributed by atoms with Crippen molar-refractivity contribution in [2.24, 2.45) is 11.3 Å². The number of hydrogen-bond acceptors (Lipinski definition) is 4. The SMILES string of the molecule is Cc1ccccc1S(=O)(=O)N1CCC2(CC1)CO[C@@H](CN1CCC[C@H](C)C1)C2. The van der Waals surface area contributed by atoms with Crippen molar-refractivity contribution in [3.8, 4) is 0 Å². The van der Waals surface area contributed by atoms with Crippen LogP contribution in [0.4, 0.5) is 0 Å². The minimum atomic E-state index is -3.40. The summed E-state index contributed by atoms with van der Waals surface area (Å²) in [5.74, 6) is 0.791. The molecule has 3 fully saturated rings. The second-order valence-corrected chi connectivity index (χ2v) is 11.2. The van der Waals surface area contributed by atoms with Crippen molar-refractivity contribution in [2.75, 3.05) is 39.3 Å². The molecule has 6 heteroatoms. The van der Waals surface area contributed by atoms with E-state index in [4.69, 9.17) is 4.74 Å². The van der Waals surface area contributed by atoms with Gasteiger partial charge >= 0.3 is 0 Å². The van der Waals surface area contributed by atoms with Crippen molar-refractivity contribution in [2.45, 2.75) is 57.0 Å². The fourth-order valence-electron chi connectivity index (χ4n) is 5.29. The first-order valence-electron chi connectivity index (χ1n) is 10.8.